The first-order valence-corrected chi connectivity index (χ1v) is 19.0. The van der Waals surface area contributed by atoms with Crippen molar-refractivity contribution in [2.45, 2.75) is 70.6 Å². The molecule has 3 aromatic heterocycles. The molecule has 0 bridgehead atoms. The number of hydrogen-bond acceptors (Lipinski definition) is 9. The fourth-order valence-electron chi connectivity index (χ4n) is 7.63. The predicted octanol–water partition coefficient (Wildman–Crippen LogP) is 6.13. The van der Waals surface area contributed by atoms with Crippen LogP contribution in [0.4, 0.5) is 9.59 Å². The van der Waals surface area contributed by atoms with E-state index in [0.29, 0.717) is 24.7 Å². The number of likely N-dealkylation sites (tertiary alicyclic amines) is 2. The summed E-state index contributed by atoms with van der Waals surface area (Å²) in [5.41, 5.74) is 6.25. The number of hydrogen-bond donors (Lipinski definition) is 4. The van der Waals surface area contributed by atoms with Gasteiger partial charge >= 0.3 is 12.2 Å². The second kappa shape index (κ2) is 16.2. The first kappa shape index (κ1) is 38.0. The van der Waals surface area contributed by atoms with Crippen LogP contribution in [0.15, 0.2) is 67.0 Å². The van der Waals surface area contributed by atoms with Crippen molar-refractivity contribution in [1.82, 2.24) is 45.4 Å². The van der Waals surface area contributed by atoms with E-state index in [1.807, 2.05) is 56.3 Å². The highest BCUT2D eigenvalue weighted by Gasteiger charge is 2.38. The molecule has 5 heterocycles. The Balaban J connectivity index is 1.02. The van der Waals surface area contributed by atoms with Gasteiger partial charge in [0, 0.05) is 29.6 Å². The van der Waals surface area contributed by atoms with Gasteiger partial charge in [0.2, 0.25) is 11.8 Å². The molecular weight excluding hydrogens is 715 g/mol. The zero-order valence-corrected chi connectivity index (χ0v) is 32.2. The summed E-state index contributed by atoms with van der Waals surface area (Å²) in [5.74, 6) is 0.990. The lowest BCUT2D eigenvalue weighted by Gasteiger charge is -2.30. The number of imidazole rings is 2. The lowest BCUT2D eigenvalue weighted by Crippen LogP contribution is -2.51. The Hall–Kier alpha value is -6.25. The van der Waals surface area contributed by atoms with Gasteiger partial charge in [-0.05, 0) is 62.3 Å². The number of rotatable bonds is 10. The number of alkyl carbamates (subject to hydrolysis) is 2. The van der Waals surface area contributed by atoms with Crippen LogP contribution in [-0.2, 0) is 19.1 Å². The van der Waals surface area contributed by atoms with Gasteiger partial charge in [0.1, 0.15) is 23.7 Å². The number of benzene rings is 2. The first-order valence-electron chi connectivity index (χ1n) is 19.0. The average molecular weight is 762 g/mol. The zero-order chi connectivity index (χ0) is 39.5. The Bertz CT molecular complexity index is 2230. The van der Waals surface area contributed by atoms with Gasteiger partial charge in [-0.2, -0.15) is 0 Å². The van der Waals surface area contributed by atoms with Crippen molar-refractivity contribution in [3.05, 3.63) is 78.6 Å². The van der Waals surface area contributed by atoms with Gasteiger partial charge in [0.15, 0.2) is 0 Å². The number of pyridine rings is 1. The Kier molecular flexibility index (Phi) is 11.0. The number of carbonyl (C=O) groups excluding carboxylic acids is 4. The number of amides is 4. The van der Waals surface area contributed by atoms with Gasteiger partial charge in [-0.25, -0.2) is 24.5 Å². The van der Waals surface area contributed by atoms with E-state index in [1.165, 1.54) is 14.2 Å². The molecular formula is C41H47N9O6. The molecule has 15 nitrogen and oxygen atoms in total. The molecule has 56 heavy (non-hydrogen) atoms. The van der Waals surface area contributed by atoms with Crippen molar-refractivity contribution >= 4 is 34.9 Å². The number of fused-ring (bicyclic) bond motifs is 1. The summed E-state index contributed by atoms with van der Waals surface area (Å²) in [4.78, 5) is 75.0. The third-order valence-electron chi connectivity index (χ3n) is 10.7. The molecule has 7 rings (SSSR count). The molecule has 4 unspecified atom stereocenters. The van der Waals surface area contributed by atoms with E-state index in [1.54, 1.807) is 29.1 Å². The predicted molar refractivity (Wildman–Crippen MR) is 209 cm³/mol. The van der Waals surface area contributed by atoms with Crippen LogP contribution in [0.25, 0.3) is 44.7 Å². The van der Waals surface area contributed by atoms with Crippen LogP contribution in [0, 0.1) is 5.92 Å². The minimum absolute atomic E-state index is 0.110. The van der Waals surface area contributed by atoms with Gasteiger partial charge in [-0.15, -0.1) is 0 Å². The maximum absolute atomic E-state index is 13.6. The zero-order valence-electron chi connectivity index (χ0n) is 32.2. The molecule has 4 N–H and O–H groups in total. The number of carbonyl (C=O) groups is 4. The summed E-state index contributed by atoms with van der Waals surface area (Å²) in [6, 6.07) is 16.4. The number of aromatic nitrogens is 5. The summed E-state index contributed by atoms with van der Waals surface area (Å²) in [7, 11) is 2.56. The topological polar surface area (TPSA) is 188 Å². The van der Waals surface area contributed by atoms with Crippen LogP contribution in [0.1, 0.15) is 70.2 Å². The van der Waals surface area contributed by atoms with E-state index >= 15 is 0 Å². The third-order valence-corrected chi connectivity index (χ3v) is 10.7. The highest BCUT2D eigenvalue weighted by atomic mass is 16.5. The standard InChI is InChI=1S/C41H47N9O6/c1-23(2)35(48-41(54)56-5)39(52)50-19-7-9-34(50)37-43-22-32(47-37)28-15-17-30-27(20-28)14-16-29(45-30)25-10-12-26(13-11-25)31-21-42-36(46-31)33-8-6-18-49(33)38(51)24(3)44-40(53)55-4/h10-17,20-24,33-35H,6-9,18-19H2,1-5H3,(H,42,46)(H,43,47)(H,44,53)(H,48,54). The number of nitrogens with one attached hydrogen (secondary N) is 4. The number of aromatic amines is 2. The number of ether oxygens (including phenoxy) is 2. The molecule has 2 aromatic carbocycles. The van der Waals surface area contributed by atoms with Gasteiger partial charge in [0.05, 0.1) is 61.3 Å². The molecule has 2 fully saturated rings. The lowest BCUT2D eigenvalue weighted by molar-refractivity contribution is -0.135. The molecule has 0 saturated carbocycles. The molecule has 5 aromatic rings. The van der Waals surface area contributed by atoms with Crippen molar-refractivity contribution in [1.29, 1.82) is 0 Å². The quantitative estimate of drug-likeness (QED) is 0.130. The second-order valence-electron chi connectivity index (χ2n) is 14.6. The van der Waals surface area contributed by atoms with E-state index in [2.05, 4.69) is 47.4 Å². The maximum Gasteiger partial charge on any atom is 0.407 e. The van der Waals surface area contributed by atoms with E-state index in [-0.39, 0.29) is 29.8 Å². The van der Waals surface area contributed by atoms with Crippen molar-refractivity contribution in [2.24, 2.45) is 5.92 Å². The van der Waals surface area contributed by atoms with Crippen LogP contribution >= 0.6 is 0 Å². The smallest absolute Gasteiger partial charge is 0.407 e. The maximum atomic E-state index is 13.6. The largest absolute Gasteiger partial charge is 0.453 e. The Morgan fingerprint density at radius 1 is 0.714 bits per heavy atom. The van der Waals surface area contributed by atoms with Crippen LogP contribution in [-0.4, -0.2) is 98.1 Å². The minimum Gasteiger partial charge on any atom is -0.453 e. The highest BCUT2D eigenvalue weighted by Crippen LogP contribution is 2.35. The van der Waals surface area contributed by atoms with Gasteiger partial charge in [-0.1, -0.05) is 50.2 Å². The van der Waals surface area contributed by atoms with E-state index in [9.17, 15) is 19.2 Å². The second-order valence-corrected chi connectivity index (χ2v) is 14.6. The fourth-order valence-corrected chi connectivity index (χ4v) is 7.63. The molecule has 2 saturated heterocycles. The normalized spacial score (nSPS) is 17.9. The van der Waals surface area contributed by atoms with Crippen molar-refractivity contribution in [2.75, 3.05) is 27.3 Å². The highest BCUT2D eigenvalue weighted by molar-refractivity contribution is 5.88. The van der Waals surface area contributed by atoms with Crippen molar-refractivity contribution in [3.63, 3.8) is 0 Å². The molecule has 0 spiro atoms. The fraction of sp³-hybridized carbons (Fsp3) is 0.390. The average Bonchev–Trinajstić information content (AvgIpc) is 4.06. The molecule has 292 valence electrons. The first-order chi connectivity index (χ1) is 27.0. The number of methoxy groups -OCH3 is 2. The monoisotopic (exact) mass is 761 g/mol. The number of H-pyrrole nitrogens is 2. The molecule has 2 aliphatic heterocycles. The van der Waals surface area contributed by atoms with Crippen LogP contribution in [0.5, 0.6) is 0 Å². The Morgan fingerprint density at radius 2 is 1.27 bits per heavy atom. The number of nitrogens with zero attached hydrogens (tertiary/aromatic N) is 5. The Morgan fingerprint density at radius 3 is 1.88 bits per heavy atom. The van der Waals surface area contributed by atoms with Crippen LogP contribution in [0.3, 0.4) is 0 Å². The van der Waals surface area contributed by atoms with E-state index in [0.717, 1.165) is 70.4 Å². The summed E-state index contributed by atoms with van der Waals surface area (Å²) >= 11 is 0. The minimum atomic E-state index is -0.711. The SMILES string of the molecule is COC(=O)NC(C)C(=O)N1CCCC1c1ncc(-c2ccc(-c3ccc4cc(-c5cnc(C6CCCN6C(=O)C(NC(=O)OC)C(C)C)[nH]5)ccc4n3)cc2)[nH]1. The molecule has 4 atom stereocenters. The van der Waals surface area contributed by atoms with Crippen molar-refractivity contribution in [3.8, 4) is 33.8 Å². The van der Waals surface area contributed by atoms with E-state index < -0.39 is 24.3 Å². The molecule has 15 heteroatoms. The Labute approximate surface area is 324 Å². The molecule has 0 radical (unpaired) electrons. The molecule has 4 amide bonds. The summed E-state index contributed by atoms with van der Waals surface area (Å²) in [6.45, 7) is 6.62. The van der Waals surface area contributed by atoms with Crippen LogP contribution < -0.4 is 10.6 Å². The molecule has 0 aliphatic carbocycles. The van der Waals surface area contributed by atoms with Crippen molar-refractivity contribution < 1.29 is 28.7 Å². The molecule has 2 aliphatic rings. The summed E-state index contributed by atoms with van der Waals surface area (Å²) < 4.78 is 9.40. The van der Waals surface area contributed by atoms with E-state index in [4.69, 9.17) is 9.72 Å². The summed E-state index contributed by atoms with van der Waals surface area (Å²) in [6.07, 6.45) is 5.55. The lowest BCUT2D eigenvalue weighted by atomic mass is 10.0. The van der Waals surface area contributed by atoms with Gasteiger partial charge in [-0.3, -0.25) is 9.59 Å². The third kappa shape index (κ3) is 7.79. The van der Waals surface area contributed by atoms with Gasteiger partial charge in [0.25, 0.3) is 0 Å². The summed E-state index contributed by atoms with van der Waals surface area (Å²) in [5, 5.41) is 6.23. The van der Waals surface area contributed by atoms with Crippen LogP contribution in [0.2, 0.25) is 0 Å². The van der Waals surface area contributed by atoms with Gasteiger partial charge < -0.3 is 39.9 Å².